The zero-order valence-electron chi connectivity index (χ0n) is 10.6. The lowest BCUT2D eigenvalue weighted by Crippen LogP contribution is -2.37. The molecular weight excluding hydrogens is 242 g/mol. The number of hydrogen-bond acceptors (Lipinski definition) is 3. The monoisotopic (exact) mass is 259 g/mol. The molecule has 0 heterocycles. The maximum absolute atomic E-state index is 11.7. The largest absolute Gasteiger partial charge is 0.349 e. The van der Waals surface area contributed by atoms with E-state index in [2.05, 4.69) is 17.2 Å². The minimum Gasteiger partial charge on any atom is -0.349 e. The summed E-state index contributed by atoms with van der Waals surface area (Å²) >= 11 is 0. The van der Waals surface area contributed by atoms with E-state index in [0.717, 1.165) is 12.8 Å². The van der Waals surface area contributed by atoms with Gasteiger partial charge in [-0.25, -0.2) is 0 Å². The first-order valence-electron chi connectivity index (χ1n) is 6.15. The molecule has 100 valence electrons. The number of anilines is 1. The van der Waals surface area contributed by atoms with Crippen molar-refractivity contribution < 1.29 is 9.59 Å². The van der Waals surface area contributed by atoms with Crippen molar-refractivity contribution in [2.45, 2.75) is 18.4 Å². The van der Waals surface area contributed by atoms with Gasteiger partial charge < -0.3 is 16.4 Å². The van der Waals surface area contributed by atoms with Crippen molar-refractivity contribution in [2.24, 2.45) is 5.73 Å². The van der Waals surface area contributed by atoms with Crippen LogP contribution in [0, 0.1) is 0 Å². The van der Waals surface area contributed by atoms with Crippen LogP contribution in [0.4, 0.5) is 5.69 Å². The predicted molar refractivity (Wildman–Crippen MR) is 73.8 cm³/mol. The Bertz CT molecular complexity index is 504. The molecule has 1 aromatic carbocycles. The van der Waals surface area contributed by atoms with Gasteiger partial charge in [-0.15, -0.1) is 6.58 Å². The van der Waals surface area contributed by atoms with Crippen LogP contribution in [-0.2, 0) is 4.79 Å². The molecule has 1 aliphatic carbocycles. The number of carbonyl (C=O) groups is 2. The van der Waals surface area contributed by atoms with Gasteiger partial charge in [-0.3, -0.25) is 9.59 Å². The summed E-state index contributed by atoms with van der Waals surface area (Å²) in [6, 6.07) is 6.69. The lowest BCUT2D eigenvalue weighted by molar-refractivity contribution is -0.118. The van der Waals surface area contributed by atoms with Crippen LogP contribution in [0.3, 0.4) is 0 Å². The second kappa shape index (κ2) is 5.24. The third-order valence-electron chi connectivity index (χ3n) is 3.05. The summed E-state index contributed by atoms with van der Waals surface area (Å²) in [5.41, 5.74) is 6.27. The van der Waals surface area contributed by atoms with Crippen LogP contribution in [0.25, 0.3) is 0 Å². The van der Waals surface area contributed by atoms with Crippen LogP contribution in [0.2, 0.25) is 0 Å². The molecule has 0 aliphatic heterocycles. The molecule has 0 saturated heterocycles. The van der Waals surface area contributed by atoms with Gasteiger partial charge in [-0.2, -0.15) is 0 Å². The smallest absolute Gasteiger partial charge is 0.251 e. The molecule has 0 radical (unpaired) electrons. The second-order valence-electron chi connectivity index (χ2n) is 4.69. The van der Waals surface area contributed by atoms with Crippen molar-refractivity contribution in [1.82, 2.24) is 5.32 Å². The van der Waals surface area contributed by atoms with Gasteiger partial charge >= 0.3 is 0 Å². The van der Waals surface area contributed by atoms with Gasteiger partial charge in [-0.1, -0.05) is 6.08 Å². The summed E-state index contributed by atoms with van der Waals surface area (Å²) < 4.78 is 0. The lowest BCUT2D eigenvalue weighted by Gasteiger charge is -2.10. The van der Waals surface area contributed by atoms with Crippen LogP contribution in [-0.4, -0.2) is 23.9 Å². The Morgan fingerprint density at radius 1 is 1.32 bits per heavy atom. The minimum atomic E-state index is -0.694. The second-order valence-corrected chi connectivity index (χ2v) is 4.69. The van der Waals surface area contributed by atoms with Gasteiger partial charge in [0, 0.05) is 17.8 Å². The first-order chi connectivity index (χ1) is 9.05. The van der Waals surface area contributed by atoms with E-state index in [-0.39, 0.29) is 11.8 Å². The van der Waals surface area contributed by atoms with E-state index in [0.29, 0.717) is 17.8 Å². The molecule has 2 amide bonds. The van der Waals surface area contributed by atoms with Gasteiger partial charge in [0.15, 0.2) is 0 Å². The Morgan fingerprint density at radius 3 is 2.47 bits per heavy atom. The van der Waals surface area contributed by atoms with Gasteiger partial charge in [0.2, 0.25) is 5.91 Å². The van der Waals surface area contributed by atoms with Crippen LogP contribution in [0.15, 0.2) is 36.9 Å². The van der Waals surface area contributed by atoms with Crippen molar-refractivity contribution >= 4 is 17.5 Å². The topological polar surface area (TPSA) is 84.2 Å². The Morgan fingerprint density at radius 2 is 1.95 bits per heavy atom. The Balaban J connectivity index is 1.96. The highest BCUT2D eigenvalue weighted by Crippen LogP contribution is 2.33. The number of rotatable bonds is 5. The number of nitrogens with two attached hydrogens (primary N) is 1. The first-order valence-corrected chi connectivity index (χ1v) is 6.15. The highest BCUT2D eigenvalue weighted by Gasteiger charge is 2.45. The normalized spacial score (nSPS) is 15.4. The van der Waals surface area contributed by atoms with Crippen molar-refractivity contribution in [3.05, 3.63) is 42.5 Å². The Kier molecular flexibility index (Phi) is 3.66. The molecule has 0 unspecified atom stereocenters. The molecule has 5 nitrogen and oxygen atoms in total. The zero-order chi connectivity index (χ0) is 13.9. The highest BCUT2D eigenvalue weighted by atomic mass is 16.2. The fraction of sp³-hybridized carbons (Fsp3) is 0.286. The first kappa shape index (κ1) is 13.3. The summed E-state index contributed by atoms with van der Waals surface area (Å²) in [7, 11) is 0. The number of benzene rings is 1. The van der Waals surface area contributed by atoms with E-state index >= 15 is 0 Å². The third-order valence-corrected chi connectivity index (χ3v) is 3.05. The molecule has 1 fully saturated rings. The number of nitrogens with one attached hydrogen (secondary N) is 2. The molecule has 1 aliphatic rings. The molecule has 0 atom stereocenters. The van der Waals surface area contributed by atoms with Crippen molar-refractivity contribution in [3.8, 4) is 0 Å². The molecule has 19 heavy (non-hydrogen) atoms. The fourth-order valence-electron chi connectivity index (χ4n) is 1.59. The molecular formula is C14H17N3O2. The van der Waals surface area contributed by atoms with E-state index in [1.54, 1.807) is 30.3 Å². The van der Waals surface area contributed by atoms with E-state index < -0.39 is 5.54 Å². The molecule has 0 bridgehead atoms. The third kappa shape index (κ3) is 3.20. The molecule has 0 spiro atoms. The van der Waals surface area contributed by atoms with Crippen LogP contribution in [0.5, 0.6) is 0 Å². The van der Waals surface area contributed by atoms with Crippen LogP contribution < -0.4 is 16.4 Å². The van der Waals surface area contributed by atoms with Crippen LogP contribution in [0.1, 0.15) is 23.2 Å². The summed E-state index contributed by atoms with van der Waals surface area (Å²) in [6.07, 6.45) is 3.06. The molecule has 4 N–H and O–H groups in total. The lowest BCUT2D eigenvalue weighted by atomic mass is 10.2. The molecule has 1 aromatic rings. The molecule has 5 heteroatoms. The average Bonchev–Trinajstić information content (AvgIpc) is 3.16. The highest BCUT2D eigenvalue weighted by molar-refractivity contribution is 6.00. The predicted octanol–water partition coefficient (Wildman–Crippen LogP) is 1.03. The minimum absolute atomic E-state index is 0.170. The number of carbonyl (C=O) groups excluding carboxylic acids is 2. The summed E-state index contributed by atoms with van der Waals surface area (Å²) in [6.45, 7) is 3.95. The maximum Gasteiger partial charge on any atom is 0.251 e. The van der Waals surface area contributed by atoms with Crippen molar-refractivity contribution in [3.63, 3.8) is 0 Å². The number of hydrogen-bond donors (Lipinski definition) is 3. The van der Waals surface area contributed by atoms with Crippen LogP contribution >= 0.6 is 0 Å². The molecule has 1 saturated carbocycles. The van der Waals surface area contributed by atoms with Gasteiger partial charge in [-0.05, 0) is 37.1 Å². The van der Waals surface area contributed by atoms with E-state index in [9.17, 15) is 9.59 Å². The van der Waals surface area contributed by atoms with Crippen molar-refractivity contribution in [2.75, 3.05) is 11.9 Å². The van der Waals surface area contributed by atoms with E-state index in [4.69, 9.17) is 5.73 Å². The molecule has 2 rings (SSSR count). The SMILES string of the molecule is C=CCNC(=O)c1ccc(NC(=O)C2(N)CC2)cc1. The Hall–Kier alpha value is -2.14. The fourth-order valence-corrected chi connectivity index (χ4v) is 1.59. The van der Waals surface area contributed by atoms with Gasteiger partial charge in [0.05, 0.1) is 5.54 Å². The number of amides is 2. The average molecular weight is 259 g/mol. The van der Waals surface area contributed by atoms with Gasteiger partial charge in [0.1, 0.15) is 0 Å². The zero-order valence-corrected chi connectivity index (χ0v) is 10.6. The molecule has 0 aromatic heterocycles. The van der Waals surface area contributed by atoms with E-state index in [1.807, 2.05) is 0 Å². The van der Waals surface area contributed by atoms with E-state index in [1.165, 1.54) is 0 Å². The maximum atomic E-state index is 11.7. The standard InChI is InChI=1S/C14H17N3O2/c1-2-9-16-12(18)10-3-5-11(6-4-10)17-13(19)14(15)7-8-14/h2-6H,1,7-9,15H2,(H,16,18)(H,17,19). The quantitative estimate of drug-likeness (QED) is 0.690. The summed E-state index contributed by atoms with van der Waals surface area (Å²) in [5, 5.41) is 5.42. The summed E-state index contributed by atoms with van der Waals surface area (Å²) in [4.78, 5) is 23.4. The van der Waals surface area contributed by atoms with Gasteiger partial charge in [0.25, 0.3) is 5.91 Å². The Labute approximate surface area is 111 Å². The van der Waals surface area contributed by atoms with Crippen molar-refractivity contribution in [1.29, 1.82) is 0 Å². The summed E-state index contributed by atoms with van der Waals surface area (Å²) in [5.74, 6) is -0.341.